The lowest BCUT2D eigenvalue weighted by molar-refractivity contribution is 0.0441. The molecule has 7 heteroatoms. The molecule has 114 valence electrons. The lowest BCUT2D eigenvalue weighted by atomic mass is 10.1. The Morgan fingerprint density at radius 2 is 1.52 bits per heavy atom. The fraction of sp³-hybridized carbons (Fsp3) is 0.429. The smallest absolute Gasteiger partial charge is 0.386 e. The Hall–Kier alpha value is -1.54. The Morgan fingerprint density at radius 3 is 2.05 bits per heavy atom. The van der Waals surface area contributed by atoms with Crippen molar-refractivity contribution in [3.05, 3.63) is 29.3 Å². The number of esters is 2. The highest BCUT2D eigenvalue weighted by molar-refractivity contribution is 6.76. The summed E-state index contributed by atoms with van der Waals surface area (Å²) in [5, 5.41) is 0.487. The average molecular weight is 310 g/mol. The lowest BCUT2D eigenvalue weighted by Crippen LogP contribution is -2.58. The van der Waals surface area contributed by atoms with E-state index in [9.17, 15) is 9.59 Å². The van der Waals surface area contributed by atoms with Crippen LogP contribution in [-0.4, -0.2) is 40.6 Å². The molecule has 0 fully saturated rings. The predicted molar refractivity (Wildman–Crippen MR) is 76.5 cm³/mol. The fourth-order valence-corrected chi connectivity index (χ4v) is 5.02. The van der Waals surface area contributed by atoms with E-state index >= 15 is 0 Å². The van der Waals surface area contributed by atoms with E-state index in [4.69, 9.17) is 13.3 Å². The standard InChI is InChI=1S/C14H18O6Si/c1-4-17-21(18-5-2,19-6-3)11-9-7-8-10-12(11)14(16)20-13(10)15/h7-9H,4-6H2,1-3H3. The molecule has 0 bridgehead atoms. The maximum absolute atomic E-state index is 12.0. The Morgan fingerprint density at radius 1 is 0.952 bits per heavy atom. The molecule has 0 amide bonds. The van der Waals surface area contributed by atoms with Crippen LogP contribution in [-0.2, 0) is 18.0 Å². The number of rotatable bonds is 7. The van der Waals surface area contributed by atoms with E-state index in [1.165, 1.54) is 0 Å². The predicted octanol–water partition coefficient (Wildman–Crippen LogP) is 1.25. The zero-order chi connectivity index (χ0) is 15.5. The van der Waals surface area contributed by atoms with E-state index in [2.05, 4.69) is 4.74 Å². The van der Waals surface area contributed by atoms with Crippen LogP contribution >= 0.6 is 0 Å². The third-order valence-corrected chi connectivity index (χ3v) is 6.09. The quantitative estimate of drug-likeness (QED) is 0.429. The molecule has 1 aromatic carbocycles. The van der Waals surface area contributed by atoms with Crippen molar-refractivity contribution in [2.24, 2.45) is 0 Å². The maximum Gasteiger partial charge on any atom is 0.538 e. The zero-order valence-electron chi connectivity index (χ0n) is 12.3. The Bertz CT molecular complexity index is 539. The molecule has 0 saturated carbocycles. The molecule has 0 saturated heterocycles. The lowest BCUT2D eigenvalue weighted by Gasteiger charge is -2.29. The molecule has 1 aromatic rings. The van der Waals surface area contributed by atoms with Gasteiger partial charge in [0.15, 0.2) is 0 Å². The van der Waals surface area contributed by atoms with Crippen LogP contribution < -0.4 is 5.19 Å². The minimum absolute atomic E-state index is 0.199. The van der Waals surface area contributed by atoms with E-state index in [1.54, 1.807) is 18.2 Å². The summed E-state index contributed by atoms with van der Waals surface area (Å²) in [6.45, 7) is 6.60. The minimum Gasteiger partial charge on any atom is -0.386 e. The second-order valence-electron chi connectivity index (χ2n) is 4.26. The van der Waals surface area contributed by atoms with Crippen molar-refractivity contribution >= 4 is 25.9 Å². The van der Waals surface area contributed by atoms with Gasteiger partial charge in [-0.3, -0.25) is 0 Å². The Balaban J connectivity index is 2.60. The van der Waals surface area contributed by atoms with Gasteiger partial charge in [-0.05, 0) is 26.8 Å². The van der Waals surface area contributed by atoms with Gasteiger partial charge in [0.05, 0.1) is 11.1 Å². The third kappa shape index (κ3) is 2.77. The summed E-state index contributed by atoms with van der Waals surface area (Å²) >= 11 is 0. The SMILES string of the molecule is CCO[Si](OCC)(OCC)c1cccc2c1C(=O)OC2=O. The highest BCUT2D eigenvalue weighted by atomic mass is 28.4. The van der Waals surface area contributed by atoms with E-state index < -0.39 is 20.7 Å². The number of hydrogen-bond donors (Lipinski definition) is 0. The van der Waals surface area contributed by atoms with E-state index in [0.29, 0.717) is 25.0 Å². The molecule has 6 nitrogen and oxygen atoms in total. The summed E-state index contributed by atoms with van der Waals surface area (Å²) in [6, 6.07) is 4.92. The van der Waals surface area contributed by atoms with Gasteiger partial charge in [0.2, 0.25) is 0 Å². The minimum atomic E-state index is -3.25. The highest BCUT2D eigenvalue weighted by Gasteiger charge is 2.49. The van der Waals surface area contributed by atoms with Crippen LogP contribution in [0, 0.1) is 0 Å². The number of carbonyl (C=O) groups excluding carboxylic acids is 2. The van der Waals surface area contributed by atoms with E-state index in [-0.39, 0.29) is 11.1 Å². The van der Waals surface area contributed by atoms with Gasteiger partial charge >= 0.3 is 20.7 Å². The molecule has 2 rings (SSSR count). The van der Waals surface area contributed by atoms with Gasteiger partial charge in [-0.1, -0.05) is 12.1 Å². The fourth-order valence-electron chi connectivity index (χ4n) is 2.32. The van der Waals surface area contributed by atoms with Gasteiger partial charge in [-0.2, -0.15) is 0 Å². The van der Waals surface area contributed by atoms with Crippen LogP contribution in [0.5, 0.6) is 0 Å². The molecule has 1 heterocycles. The Labute approximate surface area is 124 Å². The first kappa shape index (κ1) is 15.8. The number of fused-ring (bicyclic) bond motifs is 1. The number of hydrogen-bond acceptors (Lipinski definition) is 6. The zero-order valence-corrected chi connectivity index (χ0v) is 13.3. The largest absolute Gasteiger partial charge is 0.538 e. The molecule has 0 radical (unpaired) electrons. The van der Waals surface area contributed by atoms with Gasteiger partial charge in [-0.25, -0.2) is 9.59 Å². The van der Waals surface area contributed by atoms with E-state index in [0.717, 1.165) is 0 Å². The molecule has 0 spiro atoms. The second kappa shape index (κ2) is 6.48. The molecule has 1 aliphatic heterocycles. The molecule has 0 aromatic heterocycles. The van der Waals surface area contributed by atoms with Crippen molar-refractivity contribution in [1.29, 1.82) is 0 Å². The van der Waals surface area contributed by atoms with Gasteiger partial charge < -0.3 is 18.0 Å². The van der Waals surface area contributed by atoms with Gasteiger partial charge in [0.25, 0.3) is 0 Å². The summed E-state index contributed by atoms with van der Waals surface area (Å²) in [4.78, 5) is 23.6. The summed E-state index contributed by atoms with van der Waals surface area (Å²) < 4.78 is 22.0. The molecule has 1 aliphatic rings. The van der Waals surface area contributed by atoms with E-state index in [1.807, 2.05) is 20.8 Å². The summed E-state index contributed by atoms with van der Waals surface area (Å²) in [5.74, 6) is -1.33. The Kier molecular flexibility index (Phi) is 4.89. The average Bonchev–Trinajstić information content (AvgIpc) is 2.75. The van der Waals surface area contributed by atoms with Crippen LogP contribution in [0.25, 0.3) is 0 Å². The number of carbonyl (C=O) groups is 2. The van der Waals surface area contributed by atoms with Crippen molar-refractivity contribution in [2.75, 3.05) is 19.8 Å². The molecule has 0 unspecified atom stereocenters. The van der Waals surface area contributed by atoms with Gasteiger partial charge in [0, 0.05) is 25.0 Å². The molecular weight excluding hydrogens is 292 g/mol. The normalized spacial score (nSPS) is 14.2. The van der Waals surface area contributed by atoms with Crippen LogP contribution in [0.1, 0.15) is 41.5 Å². The van der Waals surface area contributed by atoms with Crippen molar-refractivity contribution in [1.82, 2.24) is 0 Å². The molecular formula is C14H18O6Si. The van der Waals surface area contributed by atoms with Crippen LogP contribution in [0.3, 0.4) is 0 Å². The summed E-state index contributed by atoms with van der Waals surface area (Å²) in [7, 11) is -3.25. The first-order valence-corrected chi connectivity index (χ1v) is 8.63. The molecule has 0 aliphatic carbocycles. The third-order valence-electron chi connectivity index (χ3n) is 3.01. The van der Waals surface area contributed by atoms with Gasteiger partial charge in [0.1, 0.15) is 0 Å². The number of cyclic esters (lactones) is 2. The van der Waals surface area contributed by atoms with Crippen LogP contribution in [0.15, 0.2) is 18.2 Å². The monoisotopic (exact) mass is 310 g/mol. The first-order chi connectivity index (χ1) is 10.1. The summed E-state index contributed by atoms with van der Waals surface area (Å²) in [6.07, 6.45) is 0. The summed E-state index contributed by atoms with van der Waals surface area (Å²) in [5.41, 5.74) is 0.429. The van der Waals surface area contributed by atoms with Crippen molar-refractivity contribution in [3.8, 4) is 0 Å². The highest BCUT2D eigenvalue weighted by Crippen LogP contribution is 2.22. The van der Waals surface area contributed by atoms with Crippen LogP contribution in [0.2, 0.25) is 0 Å². The second-order valence-corrected chi connectivity index (χ2v) is 6.78. The molecule has 0 N–H and O–H groups in total. The maximum atomic E-state index is 12.0. The number of benzene rings is 1. The first-order valence-electron chi connectivity index (χ1n) is 6.91. The van der Waals surface area contributed by atoms with Crippen LogP contribution in [0.4, 0.5) is 0 Å². The van der Waals surface area contributed by atoms with Gasteiger partial charge in [-0.15, -0.1) is 0 Å². The number of ether oxygens (including phenoxy) is 1. The topological polar surface area (TPSA) is 71.1 Å². The van der Waals surface area contributed by atoms with Crippen molar-refractivity contribution in [3.63, 3.8) is 0 Å². The van der Waals surface area contributed by atoms with Crippen molar-refractivity contribution in [2.45, 2.75) is 20.8 Å². The molecule has 21 heavy (non-hydrogen) atoms. The van der Waals surface area contributed by atoms with Crippen molar-refractivity contribution < 1.29 is 27.6 Å². The molecule has 0 atom stereocenters.